The first-order chi connectivity index (χ1) is 11.5. The largest absolute Gasteiger partial charge is 0.330 e. The van der Waals surface area contributed by atoms with Crippen LogP contribution in [0.1, 0.15) is 45.5 Å². The molecular weight excluding hydrogens is 302 g/mol. The minimum atomic E-state index is 0.333. The highest BCUT2D eigenvalue weighted by molar-refractivity contribution is 5.57. The number of benzene rings is 1. The second-order valence-electron chi connectivity index (χ2n) is 5.10. The molecule has 24 heavy (non-hydrogen) atoms. The van der Waals surface area contributed by atoms with Crippen molar-refractivity contribution in [2.75, 3.05) is 0 Å². The number of hydrogen-bond donors (Lipinski definition) is 0. The summed E-state index contributed by atoms with van der Waals surface area (Å²) in [4.78, 5) is 8.58. The molecule has 0 amide bonds. The van der Waals surface area contributed by atoms with Gasteiger partial charge in [0.05, 0.1) is 0 Å². The molecule has 6 nitrogen and oxygen atoms in total. The van der Waals surface area contributed by atoms with E-state index >= 15 is 0 Å². The van der Waals surface area contributed by atoms with E-state index in [1.54, 1.807) is 4.68 Å². The van der Waals surface area contributed by atoms with Crippen LogP contribution in [0.2, 0.25) is 0 Å². The average Bonchev–Trinajstić information content (AvgIpc) is 3.19. The minimum Gasteiger partial charge on any atom is -0.330 e. The smallest absolute Gasteiger partial charge is 0.297 e. The monoisotopic (exact) mass is 329 g/mol. The zero-order chi connectivity index (χ0) is 18.1. The van der Waals surface area contributed by atoms with E-state index in [9.17, 15) is 0 Å². The lowest BCUT2D eigenvalue weighted by Gasteiger charge is -1.94. The Morgan fingerprint density at radius 3 is 2.04 bits per heavy atom. The lowest BCUT2D eigenvalue weighted by molar-refractivity contribution is 0.429. The van der Waals surface area contributed by atoms with Crippen molar-refractivity contribution in [2.45, 2.75) is 48.0 Å². The highest BCUT2D eigenvalue weighted by atomic mass is 16.5. The van der Waals surface area contributed by atoms with Gasteiger partial charge in [-0.25, -0.2) is 4.98 Å². The summed E-state index contributed by atoms with van der Waals surface area (Å²) < 4.78 is 6.88. The SMILES string of the molecule is CC.CCC.Cc1ccc(-c2noc(-c3nc(C)n(C)n3)n2)cc1. The Kier molecular flexibility index (Phi) is 7.82. The van der Waals surface area contributed by atoms with Crippen LogP contribution in [0.5, 0.6) is 0 Å². The maximum absolute atomic E-state index is 5.20. The van der Waals surface area contributed by atoms with Crippen LogP contribution in [-0.4, -0.2) is 24.9 Å². The number of aromatic nitrogens is 5. The normalized spacial score (nSPS) is 9.62. The van der Waals surface area contributed by atoms with Gasteiger partial charge in [0.1, 0.15) is 5.82 Å². The summed E-state index contributed by atoms with van der Waals surface area (Å²) in [5.74, 6) is 2.12. The van der Waals surface area contributed by atoms with Crippen LogP contribution in [0.15, 0.2) is 28.8 Å². The molecule has 2 heterocycles. The van der Waals surface area contributed by atoms with Crippen LogP contribution in [0.25, 0.3) is 23.1 Å². The van der Waals surface area contributed by atoms with Crippen molar-refractivity contribution in [3.8, 4) is 23.1 Å². The molecule has 0 fully saturated rings. The molecule has 0 saturated heterocycles. The highest BCUT2D eigenvalue weighted by Gasteiger charge is 2.15. The van der Waals surface area contributed by atoms with Gasteiger partial charge in [-0.05, 0) is 13.8 Å². The average molecular weight is 329 g/mol. The van der Waals surface area contributed by atoms with Gasteiger partial charge in [-0.2, -0.15) is 4.98 Å². The Balaban J connectivity index is 0.000000521. The summed E-state index contributed by atoms with van der Waals surface area (Å²) in [6, 6.07) is 7.94. The Labute approximate surface area is 143 Å². The van der Waals surface area contributed by atoms with Gasteiger partial charge in [-0.3, -0.25) is 4.68 Å². The minimum absolute atomic E-state index is 0.333. The van der Waals surface area contributed by atoms with Gasteiger partial charge in [0.15, 0.2) is 0 Å². The van der Waals surface area contributed by atoms with E-state index in [1.165, 1.54) is 12.0 Å². The van der Waals surface area contributed by atoms with Crippen molar-refractivity contribution in [3.63, 3.8) is 0 Å². The molecule has 6 heteroatoms. The summed E-state index contributed by atoms with van der Waals surface area (Å²) in [6.07, 6.45) is 1.25. The molecule has 0 radical (unpaired) electrons. The van der Waals surface area contributed by atoms with Gasteiger partial charge in [-0.15, -0.1) is 5.10 Å². The molecule has 0 unspecified atom stereocenters. The molecule has 0 spiro atoms. The predicted octanol–water partition coefficient (Wildman–Crippen LogP) is 4.59. The second kappa shape index (κ2) is 9.60. The molecule has 3 aromatic rings. The summed E-state index contributed by atoms with van der Waals surface area (Å²) in [5, 5.41) is 8.17. The summed E-state index contributed by atoms with van der Waals surface area (Å²) in [7, 11) is 1.82. The molecular formula is C18H27N5O. The molecule has 0 aliphatic rings. The Bertz CT molecular complexity index is 709. The fourth-order valence-corrected chi connectivity index (χ4v) is 1.69. The third kappa shape index (κ3) is 5.01. The van der Waals surface area contributed by atoms with Crippen LogP contribution in [0.4, 0.5) is 0 Å². The molecule has 0 atom stereocenters. The van der Waals surface area contributed by atoms with Gasteiger partial charge in [0, 0.05) is 12.6 Å². The van der Waals surface area contributed by atoms with Crippen molar-refractivity contribution in [1.82, 2.24) is 24.9 Å². The Morgan fingerprint density at radius 2 is 1.54 bits per heavy atom. The lowest BCUT2D eigenvalue weighted by Crippen LogP contribution is -1.92. The van der Waals surface area contributed by atoms with E-state index in [0.717, 1.165) is 11.4 Å². The molecule has 0 aliphatic heterocycles. The second-order valence-corrected chi connectivity index (χ2v) is 5.10. The van der Waals surface area contributed by atoms with Crippen LogP contribution in [-0.2, 0) is 7.05 Å². The summed E-state index contributed by atoms with van der Waals surface area (Å²) in [6.45, 7) is 12.2. The van der Waals surface area contributed by atoms with Gasteiger partial charge >= 0.3 is 0 Å². The van der Waals surface area contributed by atoms with Crippen molar-refractivity contribution in [2.24, 2.45) is 7.05 Å². The van der Waals surface area contributed by atoms with E-state index < -0.39 is 0 Å². The molecule has 0 aliphatic carbocycles. The summed E-state index contributed by atoms with van der Waals surface area (Å²) in [5.41, 5.74) is 2.10. The predicted molar refractivity (Wildman–Crippen MR) is 96.5 cm³/mol. The van der Waals surface area contributed by atoms with Gasteiger partial charge < -0.3 is 4.52 Å². The Hall–Kier alpha value is -2.50. The van der Waals surface area contributed by atoms with Gasteiger partial charge in [-0.1, -0.05) is 69.1 Å². The van der Waals surface area contributed by atoms with Crippen LogP contribution in [0.3, 0.4) is 0 Å². The van der Waals surface area contributed by atoms with E-state index in [0.29, 0.717) is 17.5 Å². The first-order valence-corrected chi connectivity index (χ1v) is 8.33. The number of nitrogens with zero attached hydrogens (tertiary/aromatic N) is 5. The van der Waals surface area contributed by atoms with Crippen LogP contribution in [0, 0.1) is 13.8 Å². The zero-order valence-electron chi connectivity index (χ0n) is 15.7. The molecule has 0 bridgehead atoms. The standard InChI is InChI=1S/C13H13N5O.C3H8.C2H6/c1-8-4-6-10(7-5-8)11-15-13(19-17-11)12-14-9(2)18(3)16-12;1-3-2;1-2/h4-7H,1-3H3;3H2,1-2H3;1-2H3. The van der Waals surface area contributed by atoms with Crippen LogP contribution < -0.4 is 0 Å². The molecule has 0 saturated carbocycles. The quantitative estimate of drug-likeness (QED) is 0.687. The third-order valence-corrected chi connectivity index (χ3v) is 2.91. The van der Waals surface area contributed by atoms with E-state index in [2.05, 4.69) is 34.1 Å². The topological polar surface area (TPSA) is 69.6 Å². The first-order valence-electron chi connectivity index (χ1n) is 8.33. The van der Waals surface area contributed by atoms with Crippen molar-refractivity contribution in [3.05, 3.63) is 35.7 Å². The fraction of sp³-hybridized carbons (Fsp3) is 0.444. The molecule has 1 aromatic carbocycles. The van der Waals surface area contributed by atoms with Crippen molar-refractivity contribution < 1.29 is 4.52 Å². The highest BCUT2D eigenvalue weighted by Crippen LogP contribution is 2.20. The lowest BCUT2D eigenvalue weighted by atomic mass is 10.1. The van der Waals surface area contributed by atoms with Crippen LogP contribution >= 0.6 is 0 Å². The summed E-state index contributed by atoms with van der Waals surface area (Å²) >= 11 is 0. The van der Waals surface area contributed by atoms with E-state index in [-0.39, 0.29) is 0 Å². The first kappa shape index (κ1) is 19.5. The zero-order valence-corrected chi connectivity index (χ0v) is 15.7. The number of hydrogen-bond acceptors (Lipinski definition) is 5. The van der Waals surface area contributed by atoms with Gasteiger partial charge in [0.2, 0.25) is 11.6 Å². The van der Waals surface area contributed by atoms with Gasteiger partial charge in [0.25, 0.3) is 5.89 Å². The van der Waals surface area contributed by atoms with Crippen molar-refractivity contribution >= 4 is 0 Å². The fourth-order valence-electron chi connectivity index (χ4n) is 1.69. The number of aryl methyl sites for hydroxylation is 3. The maximum Gasteiger partial charge on any atom is 0.297 e. The third-order valence-electron chi connectivity index (χ3n) is 2.91. The Morgan fingerprint density at radius 1 is 0.958 bits per heavy atom. The van der Waals surface area contributed by atoms with E-state index in [1.807, 2.05) is 59.0 Å². The molecule has 2 aromatic heterocycles. The van der Waals surface area contributed by atoms with E-state index in [4.69, 9.17) is 4.52 Å². The van der Waals surface area contributed by atoms with Crippen molar-refractivity contribution in [1.29, 1.82) is 0 Å². The molecule has 0 N–H and O–H groups in total. The molecule has 130 valence electrons. The maximum atomic E-state index is 5.20. The number of rotatable bonds is 2. The molecule has 3 rings (SSSR count).